The zero-order valence-corrected chi connectivity index (χ0v) is 13.9. The molecular weight excluding hydrogens is 266 g/mol. The predicted octanol–water partition coefficient (Wildman–Crippen LogP) is 3.64. The van der Waals surface area contributed by atoms with Crippen molar-refractivity contribution < 1.29 is 13.9 Å². The summed E-state index contributed by atoms with van der Waals surface area (Å²) >= 11 is 0. The van der Waals surface area contributed by atoms with Gasteiger partial charge in [-0.05, 0) is 59.6 Å². The molecule has 0 radical (unpaired) electrons. The molecule has 1 aliphatic heterocycles. The van der Waals surface area contributed by atoms with Gasteiger partial charge >= 0.3 is 0 Å². The average Bonchev–Trinajstić information content (AvgIpc) is 2.80. The Hall–Kier alpha value is -0.840. The molecule has 2 unspecified atom stereocenters. The number of rotatable bonds is 5. The first kappa shape index (κ1) is 16.5. The van der Waals surface area contributed by atoms with Crippen molar-refractivity contribution in [3.63, 3.8) is 0 Å². The first-order chi connectivity index (χ1) is 9.82. The van der Waals surface area contributed by atoms with Crippen LogP contribution in [0.15, 0.2) is 16.5 Å². The molecule has 4 nitrogen and oxygen atoms in total. The molecule has 0 spiro atoms. The van der Waals surface area contributed by atoms with Gasteiger partial charge in [0.15, 0.2) is 0 Å². The van der Waals surface area contributed by atoms with Crippen molar-refractivity contribution >= 4 is 0 Å². The molecule has 1 saturated heterocycles. The molecule has 4 heteroatoms. The molecule has 1 N–H and O–H groups in total. The van der Waals surface area contributed by atoms with Crippen LogP contribution in [0.1, 0.15) is 59.0 Å². The monoisotopic (exact) mass is 295 g/mol. The van der Waals surface area contributed by atoms with Crippen molar-refractivity contribution in [2.24, 2.45) is 0 Å². The van der Waals surface area contributed by atoms with E-state index < -0.39 is 0 Å². The lowest BCUT2D eigenvalue weighted by Gasteiger charge is -2.31. The third kappa shape index (κ3) is 5.81. The summed E-state index contributed by atoms with van der Waals surface area (Å²) in [6.45, 7) is 11.9. The van der Waals surface area contributed by atoms with Crippen LogP contribution in [-0.2, 0) is 22.6 Å². The van der Waals surface area contributed by atoms with Gasteiger partial charge in [0.1, 0.15) is 18.1 Å². The second-order valence-electron chi connectivity index (χ2n) is 7.13. The Morgan fingerprint density at radius 1 is 1.14 bits per heavy atom. The minimum absolute atomic E-state index is 0.0951. The van der Waals surface area contributed by atoms with Crippen LogP contribution in [0.3, 0.4) is 0 Å². The van der Waals surface area contributed by atoms with Crippen molar-refractivity contribution in [1.82, 2.24) is 5.32 Å². The molecule has 0 bridgehead atoms. The molecule has 1 fully saturated rings. The molecule has 1 aromatic heterocycles. The van der Waals surface area contributed by atoms with Gasteiger partial charge in [-0.2, -0.15) is 0 Å². The predicted molar refractivity (Wildman–Crippen MR) is 83.1 cm³/mol. The molecule has 0 saturated carbocycles. The molecule has 0 aromatic carbocycles. The first-order valence-corrected chi connectivity index (χ1v) is 7.91. The van der Waals surface area contributed by atoms with Crippen molar-refractivity contribution in [1.29, 1.82) is 0 Å². The normalized spacial score (nSPS) is 27.0. The van der Waals surface area contributed by atoms with Crippen LogP contribution in [-0.4, -0.2) is 23.9 Å². The largest absolute Gasteiger partial charge is 0.462 e. The Balaban J connectivity index is 1.77. The molecule has 2 heterocycles. The van der Waals surface area contributed by atoms with Gasteiger partial charge in [0.25, 0.3) is 0 Å². The average molecular weight is 295 g/mol. The van der Waals surface area contributed by atoms with Gasteiger partial charge in [-0.1, -0.05) is 0 Å². The highest BCUT2D eigenvalue weighted by Gasteiger charge is 2.25. The zero-order chi connectivity index (χ0) is 15.5. The second-order valence-corrected chi connectivity index (χ2v) is 7.13. The third-order valence-electron chi connectivity index (χ3n) is 3.63. The third-order valence-corrected chi connectivity index (χ3v) is 3.63. The number of hydrogen-bond donors (Lipinski definition) is 1. The number of nitrogens with one attached hydrogen (secondary N) is 1. The van der Waals surface area contributed by atoms with Crippen molar-refractivity contribution in [3.8, 4) is 0 Å². The van der Waals surface area contributed by atoms with Crippen LogP contribution < -0.4 is 5.32 Å². The summed E-state index contributed by atoms with van der Waals surface area (Å²) in [5, 5.41) is 3.42. The first-order valence-electron chi connectivity index (χ1n) is 7.91. The molecular formula is C17H29NO3. The van der Waals surface area contributed by atoms with Gasteiger partial charge in [-0.25, -0.2) is 0 Å². The zero-order valence-electron chi connectivity index (χ0n) is 13.9. The summed E-state index contributed by atoms with van der Waals surface area (Å²) in [7, 11) is 0. The highest BCUT2D eigenvalue weighted by Crippen LogP contribution is 2.23. The molecule has 0 aliphatic carbocycles. The molecule has 21 heavy (non-hydrogen) atoms. The summed E-state index contributed by atoms with van der Waals surface area (Å²) in [6.07, 6.45) is 2.75. The van der Waals surface area contributed by atoms with E-state index in [0.717, 1.165) is 30.9 Å². The summed E-state index contributed by atoms with van der Waals surface area (Å²) < 4.78 is 17.5. The quantitative estimate of drug-likeness (QED) is 0.900. The van der Waals surface area contributed by atoms with Crippen LogP contribution in [0.2, 0.25) is 0 Å². The second kappa shape index (κ2) is 6.95. The highest BCUT2D eigenvalue weighted by molar-refractivity contribution is 5.06. The van der Waals surface area contributed by atoms with E-state index in [1.807, 2.05) is 12.1 Å². The van der Waals surface area contributed by atoms with Crippen LogP contribution in [0.5, 0.6) is 0 Å². The lowest BCUT2D eigenvalue weighted by Crippen LogP contribution is -2.34. The van der Waals surface area contributed by atoms with Gasteiger partial charge in [0, 0.05) is 5.54 Å². The standard InChI is InChI=1S/C17H29NO3/c1-12-8-16(9-13(2)20-12)19-11-15-7-6-14(21-15)10-18-17(3,4)5/h6-7,12-13,16,18H,8-11H2,1-5H3. The fraction of sp³-hybridized carbons (Fsp3) is 0.765. The number of hydrogen-bond acceptors (Lipinski definition) is 4. The van der Waals surface area contributed by atoms with Crippen LogP contribution in [0.25, 0.3) is 0 Å². The Morgan fingerprint density at radius 2 is 1.76 bits per heavy atom. The molecule has 120 valence electrons. The molecule has 1 aliphatic rings. The summed E-state index contributed by atoms with van der Waals surface area (Å²) in [6, 6.07) is 4.03. The van der Waals surface area contributed by atoms with Gasteiger partial charge in [0.2, 0.25) is 0 Å². The van der Waals surface area contributed by atoms with E-state index in [4.69, 9.17) is 13.9 Å². The molecule has 2 atom stereocenters. The summed E-state index contributed by atoms with van der Waals surface area (Å²) in [5.74, 6) is 1.85. The van der Waals surface area contributed by atoms with Crippen molar-refractivity contribution in [3.05, 3.63) is 23.7 Å². The molecule has 2 rings (SSSR count). The summed E-state index contributed by atoms with van der Waals surface area (Å²) in [4.78, 5) is 0. The fourth-order valence-electron chi connectivity index (χ4n) is 2.63. The maximum absolute atomic E-state index is 5.97. The SMILES string of the molecule is CC1CC(OCc2ccc(CNC(C)(C)C)o2)CC(C)O1. The van der Waals surface area contributed by atoms with Crippen molar-refractivity contribution in [2.75, 3.05) is 0 Å². The van der Waals surface area contributed by atoms with Crippen LogP contribution in [0.4, 0.5) is 0 Å². The highest BCUT2D eigenvalue weighted by atomic mass is 16.5. The van der Waals surface area contributed by atoms with E-state index in [2.05, 4.69) is 39.9 Å². The Morgan fingerprint density at radius 3 is 2.38 bits per heavy atom. The van der Waals surface area contributed by atoms with Crippen molar-refractivity contribution in [2.45, 2.75) is 84.5 Å². The van der Waals surface area contributed by atoms with Gasteiger partial charge < -0.3 is 19.2 Å². The number of ether oxygens (including phenoxy) is 2. The smallest absolute Gasteiger partial charge is 0.129 e. The minimum Gasteiger partial charge on any atom is -0.462 e. The topological polar surface area (TPSA) is 43.6 Å². The Bertz CT molecular complexity index is 425. The maximum Gasteiger partial charge on any atom is 0.129 e. The Kier molecular flexibility index (Phi) is 5.47. The van der Waals surface area contributed by atoms with Gasteiger partial charge in [-0.3, -0.25) is 0 Å². The molecule has 0 amide bonds. The molecule has 1 aromatic rings. The van der Waals surface area contributed by atoms with E-state index in [0.29, 0.717) is 6.61 Å². The van der Waals surface area contributed by atoms with E-state index >= 15 is 0 Å². The van der Waals surface area contributed by atoms with Gasteiger partial charge in [0.05, 0.1) is 24.9 Å². The van der Waals surface area contributed by atoms with Crippen LogP contribution >= 0.6 is 0 Å². The van der Waals surface area contributed by atoms with E-state index in [1.165, 1.54) is 0 Å². The fourth-order valence-corrected chi connectivity index (χ4v) is 2.63. The van der Waals surface area contributed by atoms with E-state index in [1.54, 1.807) is 0 Å². The van der Waals surface area contributed by atoms with E-state index in [-0.39, 0.29) is 23.9 Å². The minimum atomic E-state index is 0.0951. The summed E-state index contributed by atoms with van der Waals surface area (Å²) in [5.41, 5.74) is 0.0951. The van der Waals surface area contributed by atoms with Gasteiger partial charge in [-0.15, -0.1) is 0 Å². The maximum atomic E-state index is 5.97. The van der Waals surface area contributed by atoms with Crippen LogP contribution in [0, 0.1) is 0 Å². The lowest BCUT2D eigenvalue weighted by atomic mass is 10.0. The Labute approximate surface area is 128 Å². The van der Waals surface area contributed by atoms with E-state index in [9.17, 15) is 0 Å². The number of furan rings is 1. The lowest BCUT2D eigenvalue weighted by molar-refractivity contribution is -0.108.